The lowest BCUT2D eigenvalue weighted by atomic mass is 9.80. The van der Waals surface area contributed by atoms with E-state index in [4.69, 9.17) is 0 Å². The second-order valence-electron chi connectivity index (χ2n) is 9.08. The first-order chi connectivity index (χ1) is 15.6. The zero-order valence-electron chi connectivity index (χ0n) is 18.3. The quantitative estimate of drug-likeness (QED) is 0.655. The van der Waals surface area contributed by atoms with Gasteiger partial charge in [0.15, 0.2) is 0 Å². The van der Waals surface area contributed by atoms with Gasteiger partial charge in [-0.3, -0.25) is 19.5 Å². The number of amides is 2. The summed E-state index contributed by atoms with van der Waals surface area (Å²) < 4.78 is 0. The van der Waals surface area contributed by atoms with Crippen LogP contribution in [0.1, 0.15) is 28.9 Å². The zero-order valence-corrected chi connectivity index (χ0v) is 18.3. The Bertz CT molecular complexity index is 1140. The van der Waals surface area contributed by atoms with Crippen LogP contribution in [0.15, 0.2) is 66.9 Å². The Kier molecular flexibility index (Phi) is 5.39. The number of fused-ring (bicyclic) bond motifs is 2. The minimum atomic E-state index is -0.465. The fraction of sp³-hybridized carbons (Fsp3) is 0.346. The van der Waals surface area contributed by atoms with Gasteiger partial charge in [-0.15, -0.1) is 0 Å². The van der Waals surface area contributed by atoms with Crippen molar-refractivity contribution >= 4 is 22.6 Å². The van der Waals surface area contributed by atoms with Crippen molar-refractivity contribution < 1.29 is 9.59 Å². The Morgan fingerprint density at radius 2 is 1.88 bits per heavy atom. The molecule has 6 heteroatoms. The van der Waals surface area contributed by atoms with Gasteiger partial charge in [0.1, 0.15) is 5.69 Å². The fourth-order valence-corrected chi connectivity index (χ4v) is 5.70. The molecule has 0 bridgehead atoms. The van der Waals surface area contributed by atoms with E-state index >= 15 is 0 Å². The maximum absolute atomic E-state index is 13.1. The number of aromatic nitrogens is 1. The van der Waals surface area contributed by atoms with E-state index in [1.165, 1.54) is 5.56 Å². The van der Waals surface area contributed by atoms with Crippen molar-refractivity contribution in [2.75, 3.05) is 20.1 Å². The van der Waals surface area contributed by atoms with E-state index in [0.29, 0.717) is 18.7 Å². The average Bonchev–Trinajstić information content (AvgIpc) is 3.32. The summed E-state index contributed by atoms with van der Waals surface area (Å²) in [6.07, 6.45) is 3.13. The smallest absolute Gasteiger partial charge is 0.270 e. The Labute approximate surface area is 188 Å². The van der Waals surface area contributed by atoms with Crippen LogP contribution in [-0.4, -0.2) is 47.9 Å². The Morgan fingerprint density at radius 3 is 2.69 bits per heavy atom. The molecule has 1 saturated carbocycles. The van der Waals surface area contributed by atoms with Gasteiger partial charge in [-0.2, -0.15) is 0 Å². The summed E-state index contributed by atoms with van der Waals surface area (Å²) in [7, 11) is 1.71. The van der Waals surface area contributed by atoms with Crippen molar-refractivity contribution in [1.29, 1.82) is 0 Å². The second-order valence-corrected chi connectivity index (χ2v) is 9.08. The molecule has 2 N–H and O–H groups in total. The molecule has 32 heavy (non-hydrogen) atoms. The number of carbonyl (C=O) groups excluding carboxylic acids is 2. The van der Waals surface area contributed by atoms with Crippen molar-refractivity contribution in [2.24, 2.45) is 11.3 Å². The summed E-state index contributed by atoms with van der Waals surface area (Å²) >= 11 is 0. The Morgan fingerprint density at radius 1 is 1.09 bits per heavy atom. The summed E-state index contributed by atoms with van der Waals surface area (Å²) in [6.45, 7) is 2.42. The van der Waals surface area contributed by atoms with Crippen molar-refractivity contribution in [3.05, 3.63) is 78.1 Å². The summed E-state index contributed by atoms with van der Waals surface area (Å²) in [5, 5.41) is 7.92. The summed E-state index contributed by atoms with van der Waals surface area (Å²) in [5.74, 6) is 0.134. The third-order valence-corrected chi connectivity index (χ3v) is 7.10. The number of nitrogens with one attached hydrogen (secondary N) is 2. The van der Waals surface area contributed by atoms with Crippen LogP contribution in [0.2, 0.25) is 0 Å². The summed E-state index contributed by atoms with van der Waals surface area (Å²) in [6, 6.07) is 20.0. The predicted octanol–water partition coefficient (Wildman–Crippen LogP) is 2.99. The van der Waals surface area contributed by atoms with Gasteiger partial charge in [0.05, 0.1) is 5.41 Å². The van der Waals surface area contributed by atoms with Crippen molar-refractivity contribution in [1.82, 2.24) is 20.5 Å². The molecule has 1 aromatic heterocycles. The standard InChI is InChI=1S/C26H28N4O2/c1-27-25(32)26-14-21(13-20(26)16-30(17-26)15-18-7-3-2-4-8-18)29-24(31)23-22-10-6-5-9-19(22)11-12-28-23/h2-12,20-21H,13-17H2,1H3,(H,27,32)(H,29,31)/t20-,21-,26-/m0/s1. The lowest BCUT2D eigenvalue weighted by Crippen LogP contribution is -2.44. The van der Waals surface area contributed by atoms with Crippen molar-refractivity contribution in [2.45, 2.75) is 25.4 Å². The SMILES string of the molecule is CNC(=O)[C@]12C[C@@H](NC(=O)c3nccc4ccccc34)C[C@H]1CN(Cc1ccccc1)C2. The van der Waals surface area contributed by atoms with Gasteiger partial charge in [-0.1, -0.05) is 54.6 Å². The van der Waals surface area contributed by atoms with E-state index < -0.39 is 5.41 Å². The number of carbonyl (C=O) groups is 2. The van der Waals surface area contributed by atoms with E-state index in [0.717, 1.165) is 30.3 Å². The van der Waals surface area contributed by atoms with E-state index in [2.05, 4.69) is 32.7 Å². The lowest BCUT2D eigenvalue weighted by Gasteiger charge is -2.27. The number of likely N-dealkylation sites (tertiary alicyclic amines) is 1. The molecule has 3 atom stereocenters. The normalized spacial score (nSPS) is 24.9. The first kappa shape index (κ1) is 20.6. The molecule has 2 aliphatic rings. The van der Waals surface area contributed by atoms with Crippen molar-refractivity contribution in [3.8, 4) is 0 Å². The first-order valence-corrected chi connectivity index (χ1v) is 11.2. The molecule has 1 saturated heterocycles. The van der Waals surface area contributed by atoms with Crippen LogP contribution in [0.4, 0.5) is 0 Å². The second kappa shape index (κ2) is 8.36. The molecule has 3 aromatic rings. The molecule has 6 nitrogen and oxygen atoms in total. The molecule has 5 rings (SSSR count). The minimum Gasteiger partial charge on any atom is -0.359 e. The highest BCUT2D eigenvalue weighted by Crippen LogP contribution is 2.49. The van der Waals surface area contributed by atoms with Crippen LogP contribution in [0.5, 0.6) is 0 Å². The van der Waals surface area contributed by atoms with Gasteiger partial charge in [0.25, 0.3) is 5.91 Å². The summed E-state index contributed by atoms with van der Waals surface area (Å²) in [5.41, 5.74) is 1.24. The maximum atomic E-state index is 13.1. The molecule has 0 unspecified atom stereocenters. The van der Waals surface area contributed by atoms with E-state index in [-0.39, 0.29) is 23.8 Å². The molecule has 2 aromatic carbocycles. The maximum Gasteiger partial charge on any atom is 0.270 e. The van der Waals surface area contributed by atoms with E-state index in [1.807, 2.05) is 48.5 Å². The monoisotopic (exact) mass is 428 g/mol. The number of hydrogen-bond donors (Lipinski definition) is 2. The third kappa shape index (κ3) is 3.65. The molecule has 0 spiro atoms. The topological polar surface area (TPSA) is 74.3 Å². The van der Waals surface area contributed by atoms with Gasteiger partial charge < -0.3 is 10.6 Å². The molecule has 1 aliphatic heterocycles. The van der Waals surface area contributed by atoms with Gasteiger partial charge >= 0.3 is 0 Å². The Balaban J connectivity index is 1.32. The highest BCUT2D eigenvalue weighted by atomic mass is 16.2. The van der Waals surface area contributed by atoms with Gasteiger partial charge in [-0.05, 0) is 35.8 Å². The van der Waals surface area contributed by atoms with Crippen LogP contribution >= 0.6 is 0 Å². The highest BCUT2D eigenvalue weighted by Gasteiger charge is 2.57. The molecule has 2 heterocycles. The number of hydrogen-bond acceptors (Lipinski definition) is 4. The predicted molar refractivity (Wildman–Crippen MR) is 124 cm³/mol. The van der Waals surface area contributed by atoms with Gasteiger partial charge in [0.2, 0.25) is 5.91 Å². The molecule has 0 radical (unpaired) electrons. The largest absolute Gasteiger partial charge is 0.359 e. The molecule has 2 amide bonds. The molecular formula is C26H28N4O2. The molecular weight excluding hydrogens is 400 g/mol. The fourth-order valence-electron chi connectivity index (χ4n) is 5.70. The minimum absolute atomic E-state index is 0.0376. The highest BCUT2D eigenvalue weighted by molar-refractivity contribution is 6.05. The van der Waals surface area contributed by atoms with E-state index in [9.17, 15) is 9.59 Å². The van der Waals surface area contributed by atoms with Crippen LogP contribution in [-0.2, 0) is 11.3 Å². The van der Waals surface area contributed by atoms with Gasteiger partial charge in [-0.25, -0.2) is 0 Å². The lowest BCUT2D eigenvalue weighted by molar-refractivity contribution is -0.131. The first-order valence-electron chi connectivity index (χ1n) is 11.2. The van der Waals surface area contributed by atoms with Crippen LogP contribution in [0.3, 0.4) is 0 Å². The number of benzene rings is 2. The molecule has 1 aliphatic carbocycles. The Hall–Kier alpha value is -3.25. The van der Waals surface area contributed by atoms with Gasteiger partial charge in [0, 0.05) is 44.3 Å². The van der Waals surface area contributed by atoms with Crippen LogP contribution < -0.4 is 10.6 Å². The number of rotatable bonds is 5. The molecule has 164 valence electrons. The van der Waals surface area contributed by atoms with Crippen LogP contribution in [0.25, 0.3) is 10.8 Å². The van der Waals surface area contributed by atoms with E-state index in [1.54, 1.807) is 13.2 Å². The van der Waals surface area contributed by atoms with Crippen molar-refractivity contribution in [3.63, 3.8) is 0 Å². The zero-order chi connectivity index (χ0) is 22.1. The van der Waals surface area contributed by atoms with Crippen LogP contribution in [0, 0.1) is 11.3 Å². The number of pyridine rings is 1. The molecule has 2 fully saturated rings. The number of nitrogens with zero attached hydrogens (tertiary/aromatic N) is 2. The third-order valence-electron chi connectivity index (χ3n) is 7.10. The average molecular weight is 429 g/mol. The summed E-state index contributed by atoms with van der Waals surface area (Å²) in [4.78, 5) is 32.9.